The van der Waals surface area contributed by atoms with Crippen molar-refractivity contribution in [3.8, 4) is 6.07 Å². The third-order valence-electron chi connectivity index (χ3n) is 3.36. The largest absolute Gasteiger partial charge is 0.478 e. The molecule has 0 atom stereocenters. The average Bonchev–Trinajstić information content (AvgIpc) is 2.48. The minimum Gasteiger partial charge on any atom is -0.478 e. The van der Waals surface area contributed by atoms with Gasteiger partial charge in [0.2, 0.25) is 5.91 Å². The molecule has 0 aromatic heterocycles. The van der Waals surface area contributed by atoms with E-state index < -0.39 is 17.3 Å². The minimum atomic E-state index is -1.10. The summed E-state index contributed by atoms with van der Waals surface area (Å²) in [5.74, 6) is -1.48. The number of carboxylic acid groups (broad SMARTS) is 1. The number of rotatable bonds is 3. The van der Waals surface area contributed by atoms with Gasteiger partial charge in [0.05, 0.1) is 11.6 Å². The number of hydrogen-bond donors (Lipinski definition) is 2. The fourth-order valence-electron chi connectivity index (χ4n) is 2.09. The Morgan fingerprint density at radius 3 is 2.65 bits per heavy atom. The van der Waals surface area contributed by atoms with E-state index in [1.54, 1.807) is 12.1 Å². The third kappa shape index (κ3) is 2.78. The summed E-state index contributed by atoms with van der Waals surface area (Å²) in [6, 6.07) is 8.00. The van der Waals surface area contributed by atoms with E-state index in [0.717, 1.165) is 0 Å². The van der Waals surface area contributed by atoms with E-state index in [4.69, 9.17) is 9.84 Å². The zero-order chi connectivity index (χ0) is 14.6. The highest BCUT2D eigenvalue weighted by Gasteiger charge is 2.40. The van der Waals surface area contributed by atoms with Gasteiger partial charge in [0.25, 0.3) is 0 Å². The Labute approximate surface area is 116 Å². The smallest absolute Gasteiger partial charge is 0.335 e. The van der Waals surface area contributed by atoms with Gasteiger partial charge in [-0.15, -0.1) is 0 Å². The van der Waals surface area contributed by atoms with Crippen molar-refractivity contribution < 1.29 is 19.4 Å². The second-order valence-corrected chi connectivity index (χ2v) is 4.65. The van der Waals surface area contributed by atoms with E-state index in [9.17, 15) is 14.9 Å². The van der Waals surface area contributed by atoms with Crippen LogP contribution < -0.4 is 5.32 Å². The van der Waals surface area contributed by atoms with E-state index in [-0.39, 0.29) is 5.56 Å². The number of carbonyl (C=O) groups is 2. The van der Waals surface area contributed by atoms with E-state index in [1.807, 2.05) is 0 Å². The number of anilines is 1. The molecular weight excluding hydrogens is 260 g/mol. The SMILES string of the molecule is N#CC1(C(=O)Nc2cccc(C(=O)O)c2)CCOCC1. The number of aromatic carboxylic acids is 1. The number of nitrogens with zero attached hydrogens (tertiary/aromatic N) is 1. The zero-order valence-corrected chi connectivity index (χ0v) is 10.8. The van der Waals surface area contributed by atoms with Crippen LogP contribution in [0.25, 0.3) is 0 Å². The lowest BCUT2D eigenvalue weighted by molar-refractivity contribution is -0.126. The highest BCUT2D eigenvalue weighted by atomic mass is 16.5. The molecule has 1 aliphatic heterocycles. The Morgan fingerprint density at radius 1 is 1.35 bits per heavy atom. The Bertz CT molecular complexity index is 571. The Balaban J connectivity index is 2.16. The molecule has 6 heteroatoms. The quantitative estimate of drug-likeness (QED) is 0.872. The van der Waals surface area contributed by atoms with Crippen LogP contribution in [0.1, 0.15) is 23.2 Å². The second kappa shape index (κ2) is 5.72. The summed E-state index contributed by atoms with van der Waals surface area (Å²) >= 11 is 0. The van der Waals surface area contributed by atoms with Gasteiger partial charge in [-0.05, 0) is 31.0 Å². The van der Waals surface area contributed by atoms with Crippen molar-refractivity contribution in [3.05, 3.63) is 29.8 Å². The summed E-state index contributed by atoms with van der Waals surface area (Å²) in [5.41, 5.74) is -0.644. The maximum absolute atomic E-state index is 12.3. The lowest BCUT2D eigenvalue weighted by atomic mass is 9.81. The lowest BCUT2D eigenvalue weighted by Crippen LogP contribution is -2.39. The monoisotopic (exact) mass is 274 g/mol. The van der Waals surface area contributed by atoms with E-state index in [2.05, 4.69) is 11.4 Å². The number of hydrogen-bond acceptors (Lipinski definition) is 4. The van der Waals surface area contributed by atoms with Crippen LogP contribution in [0.2, 0.25) is 0 Å². The first-order valence-corrected chi connectivity index (χ1v) is 6.21. The molecule has 1 fully saturated rings. The standard InChI is InChI=1S/C14H14N2O4/c15-9-14(4-6-20-7-5-14)13(19)16-11-3-1-2-10(8-11)12(17)18/h1-3,8H,4-7H2,(H,16,19)(H,17,18). The maximum atomic E-state index is 12.3. The number of nitriles is 1. The number of nitrogens with one attached hydrogen (secondary N) is 1. The normalized spacial score (nSPS) is 16.9. The summed E-state index contributed by atoms with van der Waals surface area (Å²) < 4.78 is 5.17. The molecule has 2 rings (SSSR count). The van der Waals surface area contributed by atoms with Crippen molar-refractivity contribution >= 4 is 17.6 Å². The first-order chi connectivity index (χ1) is 9.57. The lowest BCUT2D eigenvalue weighted by Gasteiger charge is -2.29. The molecular formula is C14H14N2O4. The van der Waals surface area contributed by atoms with Crippen LogP contribution >= 0.6 is 0 Å². The Hall–Kier alpha value is -2.39. The van der Waals surface area contributed by atoms with Crippen molar-refractivity contribution in [3.63, 3.8) is 0 Å². The molecule has 0 saturated carbocycles. The van der Waals surface area contributed by atoms with Crippen LogP contribution in [0.15, 0.2) is 24.3 Å². The molecule has 104 valence electrons. The Morgan fingerprint density at radius 2 is 2.05 bits per heavy atom. The van der Waals surface area contributed by atoms with Crippen molar-refractivity contribution in [1.29, 1.82) is 5.26 Å². The molecule has 0 unspecified atom stereocenters. The van der Waals surface area contributed by atoms with Gasteiger partial charge < -0.3 is 15.2 Å². The van der Waals surface area contributed by atoms with Gasteiger partial charge in [-0.1, -0.05) is 6.07 Å². The van der Waals surface area contributed by atoms with Crippen LogP contribution in [-0.2, 0) is 9.53 Å². The summed E-state index contributed by atoms with van der Waals surface area (Å²) in [7, 11) is 0. The molecule has 0 radical (unpaired) electrons. The van der Waals surface area contributed by atoms with Crippen LogP contribution in [0.3, 0.4) is 0 Å². The zero-order valence-electron chi connectivity index (χ0n) is 10.8. The molecule has 1 aliphatic rings. The minimum absolute atomic E-state index is 0.0841. The topological polar surface area (TPSA) is 99.4 Å². The van der Waals surface area contributed by atoms with E-state index in [1.165, 1.54) is 12.1 Å². The third-order valence-corrected chi connectivity index (χ3v) is 3.36. The predicted molar refractivity (Wildman–Crippen MR) is 70.1 cm³/mol. The summed E-state index contributed by atoms with van der Waals surface area (Å²) in [5, 5.41) is 20.8. The maximum Gasteiger partial charge on any atom is 0.335 e. The fourth-order valence-corrected chi connectivity index (χ4v) is 2.09. The van der Waals surface area contributed by atoms with Gasteiger partial charge in [0, 0.05) is 18.9 Å². The van der Waals surface area contributed by atoms with Gasteiger partial charge in [-0.2, -0.15) is 5.26 Å². The van der Waals surface area contributed by atoms with Crippen molar-refractivity contribution in [2.24, 2.45) is 5.41 Å². The summed E-state index contributed by atoms with van der Waals surface area (Å²) in [4.78, 5) is 23.1. The van der Waals surface area contributed by atoms with Crippen molar-refractivity contribution in [2.75, 3.05) is 18.5 Å². The summed E-state index contributed by atoms with van der Waals surface area (Å²) in [6.07, 6.45) is 0.682. The van der Waals surface area contributed by atoms with Crippen LogP contribution in [0, 0.1) is 16.7 Å². The average molecular weight is 274 g/mol. The number of carboxylic acids is 1. The van der Waals surface area contributed by atoms with Gasteiger partial charge in [-0.25, -0.2) is 4.79 Å². The Kier molecular flexibility index (Phi) is 4.01. The van der Waals surface area contributed by atoms with E-state index in [0.29, 0.717) is 31.7 Å². The first-order valence-electron chi connectivity index (χ1n) is 6.21. The number of carbonyl (C=O) groups excluding carboxylic acids is 1. The molecule has 20 heavy (non-hydrogen) atoms. The number of ether oxygens (including phenoxy) is 1. The van der Waals surface area contributed by atoms with Gasteiger partial charge in [0.15, 0.2) is 0 Å². The molecule has 1 aromatic carbocycles. The molecule has 1 saturated heterocycles. The molecule has 0 aliphatic carbocycles. The van der Waals surface area contributed by atoms with Gasteiger partial charge in [0.1, 0.15) is 5.41 Å². The molecule has 1 heterocycles. The highest BCUT2D eigenvalue weighted by Crippen LogP contribution is 2.31. The number of amides is 1. The summed E-state index contributed by atoms with van der Waals surface area (Å²) in [6.45, 7) is 0.742. The van der Waals surface area contributed by atoms with Crippen LogP contribution in [0.4, 0.5) is 5.69 Å². The van der Waals surface area contributed by atoms with Crippen molar-refractivity contribution in [2.45, 2.75) is 12.8 Å². The number of benzene rings is 1. The molecule has 1 amide bonds. The van der Waals surface area contributed by atoms with Gasteiger partial charge in [-0.3, -0.25) is 4.79 Å². The molecule has 1 aromatic rings. The molecule has 0 spiro atoms. The second-order valence-electron chi connectivity index (χ2n) is 4.65. The van der Waals surface area contributed by atoms with Crippen LogP contribution in [0.5, 0.6) is 0 Å². The van der Waals surface area contributed by atoms with Crippen molar-refractivity contribution in [1.82, 2.24) is 0 Å². The predicted octanol–water partition coefficient (Wildman–Crippen LogP) is 1.64. The van der Waals surface area contributed by atoms with Crippen LogP contribution in [-0.4, -0.2) is 30.2 Å². The first kappa shape index (κ1) is 14.0. The highest BCUT2D eigenvalue weighted by molar-refractivity contribution is 5.98. The molecule has 0 bridgehead atoms. The molecule has 2 N–H and O–H groups in total. The van der Waals surface area contributed by atoms with E-state index >= 15 is 0 Å². The fraction of sp³-hybridized carbons (Fsp3) is 0.357. The molecule has 6 nitrogen and oxygen atoms in total. The van der Waals surface area contributed by atoms with Gasteiger partial charge >= 0.3 is 5.97 Å².